The fourth-order valence-electron chi connectivity index (χ4n) is 1.97. The fraction of sp³-hybridized carbons (Fsp3) is 0.818. The molecule has 0 bridgehead atoms. The van der Waals surface area contributed by atoms with Crippen molar-refractivity contribution in [2.45, 2.75) is 12.8 Å². The van der Waals surface area contributed by atoms with Gasteiger partial charge in [0.15, 0.2) is 0 Å². The molecule has 1 heterocycles. The Labute approximate surface area is 107 Å². The zero-order valence-electron chi connectivity index (χ0n) is 10.2. The Bertz CT molecular complexity index is 273. The summed E-state index contributed by atoms with van der Waals surface area (Å²) in [6, 6.07) is 0. The van der Waals surface area contributed by atoms with E-state index in [2.05, 4.69) is 22.6 Å². The molecule has 0 spiro atoms. The minimum absolute atomic E-state index is 0.0100. The number of hydrogen-bond acceptors (Lipinski definition) is 3. The molecule has 98 valence electrons. The summed E-state index contributed by atoms with van der Waals surface area (Å²) in [5.74, 6) is 0.0913. The molecule has 2 amide bonds. The Hall–Kier alpha value is -0.810. The van der Waals surface area contributed by atoms with Crippen LogP contribution >= 0.6 is 11.6 Å². The van der Waals surface area contributed by atoms with E-state index in [1.54, 1.807) is 0 Å². The fourth-order valence-corrected chi connectivity index (χ4v) is 2.06. The van der Waals surface area contributed by atoms with Gasteiger partial charge in [0.1, 0.15) is 5.88 Å². The predicted molar refractivity (Wildman–Crippen MR) is 67.0 cm³/mol. The minimum Gasteiger partial charge on any atom is -0.355 e. The molecule has 0 aromatic heterocycles. The van der Waals surface area contributed by atoms with Crippen molar-refractivity contribution in [3.63, 3.8) is 0 Å². The van der Waals surface area contributed by atoms with Gasteiger partial charge < -0.3 is 15.5 Å². The van der Waals surface area contributed by atoms with Crippen LogP contribution in [-0.2, 0) is 9.59 Å². The number of nitrogens with one attached hydrogen (secondary N) is 2. The van der Waals surface area contributed by atoms with Gasteiger partial charge in [0.25, 0.3) is 0 Å². The highest BCUT2D eigenvalue weighted by molar-refractivity contribution is 6.27. The van der Waals surface area contributed by atoms with Crippen LogP contribution in [-0.4, -0.2) is 55.8 Å². The number of likely N-dealkylation sites (tertiary alicyclic amines) is 1. The largest absolute Gasteiger partial charge is 0.355 e. The van der Waals surface area contributed by atoms with E-state index >= 15 is 0 Å². The van der Waals surface area contributed by atoms with Crippen LogP contribution in [0.5, 0.6) is 0 Å². The molecule has 1 saturated heterocycles. The third-order valence-corrected chi connectivity index (χ3v) is 3.17. The van der Waals surface area contributed by atoms with Gasteiger partial charge in [-0.05, 0) is 32.4 Å². The normalized spacial score (nSPS) is 20.2. The standard InChI is InChI=1S/C11H20ClN3O2/c1-15-5-3-9(8-15)2-4-13-11(17)7-14-10(16)6-12/h9H,2-8H2,1H3,(H,13,17)(H,14,16). The maximum atomic E-state index is 11.3. The summed E-state index contributed by atoms with van der Waals surface area (Å²) < 4.78 is 0. The quantitative estimate of drug-likeness (QED) is 0.651. The molecular weight excluding hydrogens is 242 g/mol. The highest BCUT2D eigenvalue weighted by Crippen LogP contribution is 2.16. The second-order valence-corrected chi connectivity index (χ2v) is 4.73. The number of rotatable bonds is 6. The SMILES string of the molecule is CN1CCC(CCNC(=O)CNC(=O)CCl)C1. The van der Waals surface area contributed by atoms with Gasteiger partial charge in [-0.2, -0.15) is 0 Å². The molecule has 2 N–H and O–H groups in total. The Balaban J connectivity index is 2.02. The van der Waals surface area contributed by atoms with Gasteiger partial charge >= 0.3 is 0 Å². The smallest absolute Gasteiger partial charge is 0.239 e. The van der Waals surface area contributed by atoms with E-state index in [-0.39, 0.29) is 24.2 Å². The molecule has 0 aliphatic carbocycles. The van der Waals surface area contributed by atoms with Gasteiger partial charge in [-0.15, -0.1) is 11.6 Å². The number of amides is 2. The average Bonchev–Trinajstić information content (AvgIpc) is 2.72. The molecule has 0 aromatic rings. The molecule has 6 heteroatoms. The second kappa shape index (κ2) is 7.50. The summed E-state index contributed by atoms with van der Waals surface area (Å²) >= 11 is 5.29. The summed E-state index contributed by atoms with van der Waals surface area (Å²) in [5.41, 5.74) is 0. The van der Waals surface area contributed by atoms with Crippen LogP contribution in [0.4, 0.5) is 0 Å². The minimum atomic E-state index is -0.320. The lowest BCUT2D eigenvalue weighted by atomic mass is 10.1. The molecule has 0 saturated carbocycles. The number of carbonyl (C=O) groups is 2. The van der Waals surface area contributed by atoms with Crippen LogP contribution < -0.4 is 10.6 Å². The van der Waals surface area contributed by atoms with Gasteiger partial charge in [-0.1, -0.05) is 0 Å². The van der Waals surface area contributed by atoms with Crippen LogP contribution in [0, 0.1) is 5.92 Å². The van der Waals surface area contributed by atoms with E-state index in [0.717, 1.165) is 19.5 Å². The molecule has 1 unspecified atom stereocenters. The first-order chi connectivity index (χ1) is 8.11. The van der Waals surface area contributed by atoms with Gasteiger partial charge in [0, 0.05) is 13.1 Å². The lowest BCUT2D eigenvalue weighted by Gasteiger charge is -2.11. The van der Waals surface area contributed by atoms with Crippen LogP contribution in [0.2, 0.25) is 0 Å². The van der Waals surface area contributed by atoms with Crippen molar-refractivity contribution >= 4 is 23.4 Å². The lowest BCUT2D eigenvalue weighted by Crippen LogP contribution is -2.38. The van der Waals surface area contributed by atoms with Crippen molar-refractivity contribution in [3.8, 4) is 0 Å². The molecule has 1 fully saturated rings. The molecule has 17 heavy (non-hydrogen) atoms. The zero-order chi connectivity index (χ0) is 12.7. The summed E-state index contributed by atoms with van der Waals surface area (Å²) in [5, 5.41) is 5.22. The molecule has 1 atom stereocenters. The first kappa shape index (κ1) is 14.3. The lowest BCUT2D eigenvalue weighted by molar-refractivity contribution is -0.124. The summed E-state index contributed by atoms with van der Waals surface area (Å²) in [7, 11) is 2.11. The van der Waals surface area contributed by atoms with E-state index in [9.17, 15) is 9.59 Å². The van der Waals surface area contributed by atoms with Crippen LogP contribution in [0.15, 0.2) is 0 Å². The van der Waals surface area contributed by atoms with Crippen molar-refractivity contribution in [1.29, 1.82) is 0 Å². The van der Waals surface area contributed by atoms with Crippen LogP contribution in [0.1, 0.15) is 12.8 Å². The number of alkyl halides is 1. The van der Waals surface area contributed by atoms with E-state index in [4.69, 9.17) is 11.6 Å². The first-order valence-electron chi connectivity index (χ1n) is 5.89. The molecule has 0 aromatic carbocycles. The average molecular weight is 262 g/mol. The van der Waals surface area contributed by atoms with E-state index < -0.39 is 0 Å². The maximum Gasteiger partial charge on any atom is 0.239 e. The number of nitrogens with zero attached hydrogens (tertiary/aromatic N) is 1. The molecular formula is C11H20ClN3O2. The first-order valence-corrected chi connectivity index (χ1v) is 6.43. The zero-order valence-corrected chi connectivity index (χ0v) is 10.9. The van der Waals surface area contributed by atoms with Gasteiger partial charge in [-0.3, -0.25) is 9.59 Å². The monoisotopic (exact) mass is 261 g/mol. The van der Waals surface area contributed by atoms with Crippen molar-refractivity contribution < 1.29 is 9.59 Å². The van der Waals surface area contributed by atoms with Gasteiger partial charge in [0.2, 0.25) is 11.8 Å². The molecule has 5 nitrogen and oxygen atoms in total. The highest BCUT2D eigenvalue weighted by Gasteiger charge is 2.18. The van der Waals surface area contributed by atoms with Crippen molar-refractivity contribution in [2.24, 2.45) is 5.92 Å². The topological polar surface area (TPSA) is 61.4 Å². The molecule has 0 radical (unpaired) electrons. The Morgan fingerprint density at radius 3 is 2.71 bits per heavy atom. The third kappa shape index (κ3) is 5.89. The maximum absolute atomic E-state index is 11.3. The van der Waals surface area contributed by atoms with Crippen molar-refractivity contribution in [2.75, 3.05) is 39.1 Å². The van der Waals surface area contributed by atoms with Crippen LogP contribution in [0.25, 0.3) is 0 Å². The highest BCUT2D eigenvalue weighted by atomic mass is 35.5. The summed E-state index contributed by atoms with van der Waals surface area (Å²) in [4.78, 5) is 24.4. The Morgan fingerprint density at radius 2 is 2.12 bits per heavy atom. The number of halogens is 1. The van der Waals surface area contributed by atoms with Gasteiger partial charge in [0.05, 0.1) is 6.54 Å². The van der Waals surface area contributed by atoms with E-state index in [1.807, 2.05) is 0 Å². The van der Waals surface area contributed by atoms with Gasteiger partial charge in [-0.25, -0.2) is 0 Å². The van der Waals surface area contributed by atoms with Crippen molar-refractivity contribution in [1.82, 2.24) is 15.5 Å². The third-order valence-electron chi connectivity index (χ3n) is 2.93. The Morgan fingerprint density at radius 1 is 1.35 bits per heavy atom. The molecule has 1 aliphatic heterocycles. The summed E-state index contributed by atoms with van der Waals surface area (Å²) in [6.45, 7) is 2.94. The van der Waals surface area contributed by atoms with Crippen LogP contribution in [0.3, 0.4) is 0 Å². The Kier molecular flexibility index (Phi) is 6.29. The second-order valence-electron chi connectivity index (χ2n) is 4.47. The number of carbonyl (C=O) groups excluding carboxylic acids is 2. The number of hydrogen-bond donors (Lipinski definition) is 2. The molecule has 1 rings (SSSR count). The predicted octanol–water partition coefficient (Wildman–Crippen LogP) is -0.201. The van der Waals surface area contributed by atoms with E-state index in [0.29, 0.717) is 12.5 Å². The molecule has 1 aliphatic rings. The van der Waals surface area contributed by atoms with E-state index in [1.165, 1.54) is 6.42 Å². The van der Waals surface area contributed by atoms with Crippen molar-refractivity contribution in [3.05, 3.63) is 0 Å². The summed E-state index contributed by atoms with van der Waals surface area (Å²) in [6.07, 6.45) is 2.20.